The molecular formula is C19H26N4O2S. The van der Waals surface area contributed by atoms with Crippen molar-refractivity contribution in [2.45, 2.75) is 46.3 Å². The zero-order chi connectivity index (χ0) is 18.5. The van der Waals surface area contributed by atoms with Gasteiger partial charge in [0.05, 0.1) is 6.10 Å². The van der Waals surface area contributed by atoms with E-state index in [1.807, 2.05) is 20.0 Å². The largest absolute Gasteiger partial charge is 0.376 e. The number of hydrogen-bond acceptors (Lipinski definition) is 6. The van der Waals surface area contributed by atoms with Crippen molar-refractivity contribution in [1.82, 2.24) is 14.9 Å². The number of carbonyl (C=O) groups is 1. The molecule has 26 heavy (non-hydrogen) atoms. The Morgan fingerprint density at radius 2 is 2.15 bits per heavy atom. The van der Waals surface area contributed by atoms with Crippen LogP contribution in [0.25, 0.3) is 0 Å². The Labute approximate surface area is 158 Å². The SMILES string of the molecule is CC(=O)Nc1ncc(CN2CCCO[C@H](Cc3cc(C)nc(C)c3)C2)s1. The summed E-state index contributed by atoms with van der Waals surface area (Å²) in [6.07, 6.45) is 3.97. The molecule has 0 saturated carbocycles. The zero-order valence-corrected chi connectivity index (χ0v) is 16.4. The third-order valence-corrected chi connectivity index (χ3v) is 5.15. The lowest BCUT2D eigenvalue weighted by molar-refractivity contribution is -0.114. The first-order valence-electron chi connectivity index (χ1n) is 8.98. The first kappa shape index (κ1) is 18.9. The molecule has 0 bridgehead atoms. The predicted molar refractivity (Wildman–Crippen MR) is 103 cm³/mol. The summed E-state index contributed by atoms with van der Waals surface area (Å²) in [5.41, 5.74) is 3.40. The molecule has 1 aliphatic heterocycles. The lowest BCUT2D eigenvalue weighted by Gasteiger charge is -2.23. The number of thiazole rings is 1. The fourth-order valence-electron chi connectivity index (χ4n) is 3.35. The summed E-state index contributed by atoms with van der Waals surface area (Å²) >= 11 is 1.54. The molecule has 140 valence electrons. The maximum absolute atomic E-state index is 11.1. The molecule has 1 atom stereocenters. The molecule has 3 rings (SSSR count). The number of carbonyl (C=O) groups excluding carboxylic acids is 1. The third kappa shape index (κ3) is 5.59. The minimum absolute atomic E-state index is 0.0860. The van der Waals surface area contributed by atoms with Gasteiger partial charge in [0.15, 0.2) is 5.13 Å². The highest BCUT2D eigenvalue weighted by Crippen LogP contribution is 2.21. The van der Waals surface area contributed by atoms with Gasteiger partial charge in [0, 0.05) is 62.0 Å². The normalized spacial score (nSPS) is 18.5. The van der Waals surface area contributed by atoms with E-state index in [-0.39, 0.29) is 12.0 Å². The second kappa shape index (κ2) is 8.70. The second-order valence-electron chi connectivity index (χ2n) is 6.86. The van der Waals surface area contributed by atoms with E-state index in [9.17, 15) is 4.79 Å². The van der Waals surface area contributed by atoms with Crippen molar-refractivity contribution in [2.24, 2.45) is 0 Å². The summed E-state index contributed by atoms with van der Waals surface area (Å²) in [5, 5.41) is 3.41. The summed E-state index contributed by atoms with van der Waals surface area (Å²) in [6.45, 7) is 9.11. The third-order valence-electron chi connectivity index (χ3n) is 4.25. The Morgan fingerprint density at radius 1 is 1.38 bits per heavy atom. The monoisotopic (exact) mass is 374 g/mol. The van der Waals surface area contributed by atoms with Crippen molar-refractivity contribution in [3.63, 3.8) is 0 Å². The average molecular weight is 375 g/mol. The van der Waals surface area contributed by atoms with Gasteiger partial charge in [-0.3, -0.25) is 14.7 Å². The molecule has 1 aliphatic rings. The van der Waals surface area contributed by atoms with Crippen LogP contribution in [-0.2, 0) is 22.5 Å². The molecule has 0 aromatic carbocycles. The Hall–Kier alpha value is -1.83. The first-order valence-corrected chi connectivity index (χ1v) is 9.80. The summed E-state index contributed by atoms with van der Waals surface area (Å²) in [7, 11) is 0. The molecule has 0 radical (unpaired) electrons. The fourth-order valence-corrected chi connectivity index (χ4v) is 4.25. The predicted octanol–water partition coefficient (Wildman–Crippen LogP) is 2.95. The first-order chi connectivity index (χ1) is 12.5. The average Bonchev–Trinajstić information content (AvgIpc) is 2.84. The Balaban J connectivity index is 1.61. The smallest absolute Gasteiger partial charge is 0.223 e. The summed E-state index contributed by atoms with van der Waals surface area (Å²) < 4.78 is 6.08. The molecule has 7 heteroatoms. The zero-order valence-electron chi connectivity index (χ0n) is 15.6. The number of amides is 1. The molecule has 3 heterocycles. The van der Waals surface area contributed by atoms with E-state index in [1.54, 1.807) is 0 Å². The van der Waals surface area contributed by atoms with E-state index < -0.39 is 0 Å². The maximum atomic E-state index is 11.1. The van der Waals surface area contributed by atoms with E-state index in [4.69, 9.17) is 4.74 Å². The quantitative estimate of drug-likeness (QED) is 0.871. The number of hydrogen-bond donors (Lipinski definition) is 1. The lowest BCUT2D eigenvalue weighted by atomic mass is 10.1. The van der Waals surface area contributed by atoms with E-state index >= 15 is 0 Å². The Morgan fingerprint density at radius 3 is 2.88 bits per heavy atom. The van der Waals surface area contributed by atoms with Gasteiger partial charge in [-0.25, -0.2) is 4.98 Å². The molecule has 0 unspecified atom stereocenters. The summed E-state index contributed by atoms with van der Waals surface area (Å²) in [4.78, 5) is 23.4. The molecular weight excluding hydrogens is 348 g/mol. The second-order valence-corrected chi connectivity index (χ2v) is 7.97. The Kier molecular flexibility index (Phi) is 6.34. The minimum atomic E-state index is -0.0860. The molecule has 2 aromatic rings. The number of nitrogens with one attached hydrogen (secondary N) is 1. The van der Waals surface area contributed by atoms with Crippen molar-refractivity contribution >= 4 is 22.4 Å². The molecule has 6 nitrogen and oxygen atoms in total. The van der Waals surface area contributed by atoms with Crippen LogP contribution >= 0.6 is 11.3 Å². The van der Waals surface area contributed by atoms with Crippen LogP contribution in [0.1, 0.15) is 35.2 Å². The highest BCUT2D eigenvalue weighted by Gasteiger charge is 2.20. The standard InChI is InChI=1S/C19H26N4O2S/c1-13-7-16(8-14(2)21-13)9-17-11-23(5-4-6-25-17)12-18-10-20-19(26-18)22-15(3)24/h7-8,10,17H,4-6,9,11-12H2,1-3H3,(H,20,22,24)/t17-/m1/s1. The summed E-state index contributed by atoms with van der Waals surface area (Å²) in [6, 6.07) is 4.29. The van der Waals surface area contributed by atoms with Crippen LogP contribution in [0.3, 0.4) is 0 Å². The lowest BCUT2D eigenvalue weighted by Crippen LogP contribution is -2.32. The molecule has 2 aromatic heterocycles. The van der Waals surface area contributed by atoms with Gasteiger partial charge < -0.3 is 10.1 Å². The van der Waals surface area contributed by atoms with Crippen molar-refractivity contribution in [2.75, 3.05) is 25.0 Å². The number of anilines is 1. The minimum Gasteiger partial charge on any atom is -0.376 e. The van der Waals surface area contributed by atoms with Crippen LogP contribution in [0.15, 0.2) is 18.3 Å². The van der Waals surface area contributed by atoms with Gasteiger partial charge in [0.25, 0.3) is 0 Å². The number of aromatic nitrogens is 2. The van der Waals surface area contributed by atoms with E-state index in [2.05, 4.69) is 32.3 Å². The van der Waals surface area contributed by atoms with E-state index in [1.165, 1.54) is 23.8 Å². The number of pyridine rings is 1. The molecule has 1 saturated heterocycles. The molecule has 0 aliphatic carbocycles. The number of rotatable bonds is 5. The van der Waals surface area contributed by atoms with E-state index in [0.717, 1.165) is 55.3 Å². The Bertz CT molecular complexity index is 741. The topological polar surface area (TPSA) is 67.4 Å². The number of ether oxygens (including phenoxy) is 1. The van der Waals surface area contributed by atoms with Gasteiger partial charge in [-0.2, -0.15) is 0 Å². The number of nitrogens with zero attached hydrogens (tertiary/aromatic N) is 3. The van der Waals surface area contributed by atoms with E-state index in [0.29, 0.717) is 5.13 Å². The van der Waals surface area contributed by atoms with Crippen LogP contribution < -0.4 is 5.32 Å². The van der Waals surface area contributed by atoms with Gasteiger partial charge in [-0.1, -0.05) is 0 Å². The highest BCUT2D eigenvalue weighted by molar-refractivity contribution is 7.15. The van der Waals surface area contributed by atoms with Gasteiger partial charge >= 0.3 is 0 Å². The van der Waals surface area contributed by atoms with Crippen LogP contribution in [0.5, 0.6) is 0 Å². The van der Waals surface area contributed by atoms with Crippen LogP contribution in [0, 0.1) is 13.8 Å². The molecule has 1 N–H and O–H groups in total. The van der Waals surface area contributed by atoms with Crippen LogP contribution in [-0.4, -0.2) is 46.6 Å². The van der Waals surface area contributed by atoms with Crippen LogP contribution in [0.2, 0.25) is 0 Å². The highest BCUT2D eigenvalue weighted by atomic mass is 32.1. The number of aryl methyl sites for hydroxylation is 2. The summed E-state index contributed by atoms with van der Waals surface area (Å²) in [5.74, 6) is -0.0860. The van der Waals surface area contributed by atoms with Crippen molar-refractivity contribution in [3.05, 3.63) is 40.2 Å². The molecule has 0 spiro atoms. The maximum Gasteiger partial charge on any atom is 0.223 e. The molecule has 1 amide bonds. The van der Waals surface area contributed by atoms with Crippen LogP contribution in [0.4, 0.5) is 5.13 Å². The van der Waals surface area contributed by atoms with Gasteiger partial charge in [0.1, 0.15) is 0 Å². The van der Waals surface area contributed by atoms with Gasteiger partial charge in [-0.05, 0) is 38.0 Å². The van der Waals surface area contributed by atoms with Crippen molar-refractivity contribution in [3.8, 4) is 0 Å². The van der Waals surface area contributed by atoms with Gasteiger partial charge in [0.2, 0.25) is 5.91 Å². The van der Waals surface area contributed by atoms with Crippen molar-refractivity contribution in [1.29, 1.82) is 0 Å². The van der Waals surface area contributed by atoms with Gasteiger partial charge in [-0.15, -0.1) is 11.3 Å². The molecule has 1 fully saturated rings. The fraction of sp³-hybridized carbons (Fsp3) is 0.526. The van der Waals surface area contributed by atoms with Crippen molar-refractivity contribution < 1.29 is 9.53 Å².